The topological polar surface area (TPSA) is 76.4 Å². The third kappa shape index (κ3) is 3.48. The number of ether oxygens (including phenoxy) is 1. The molecule has 1 saturated heterocycles. The van der Waals surface area contributed by atoms with Gasteiger partial charge in [0.25, 0.3) is 0 Å². The molecule has 0 radical (unpaired) electrons. The maximum Gasteiger partial charge on any atom is 0.242 e. The molecule has 0 spiro atoms. The minimum atomic E-state index is -0.262. The number of imidazole rings is 1. The molecule has 0 saturated carbocycles. The zero-order valence-electron chi connectivity index (χ0n) is 13.3. The van der Waals surface area contributed by atoms with Crippen LogP contribution in [-0.2, 0) is 16.1 Å². The van der Waals surface area contributed by atoms with Crippen LogP contribution >= 0.6 is 0 Å². The molecular formula is C15H20N6O2. The van der Waals surface area contributed by atoms with Gasteiger partial charge >= 0.3 is 0 Å². The maximum atomic E-state index is 12.4. The van der Waals surface area contributed by atoms with Crippen molar-refractivity contribution >= 4 is 11.7 Å². The van der Waals surface area contributed by atoms with Crippen LogP contribution in [0, 0.1) is 0 Å². The van der Waals surface area contributed by atoms with Gasteiger partial charge in [0.15, 0.2) is 5.82 Å². The second kappa shape index (κ2) is 6.74. The second-order valence-corrected chi connectivity index (χ2v) is 5.59. The molecule has 2 aromatic rings. The Morgan fingerprint density at radius 3 is 2.91 bits per heavy atom. The summed E-state index contributed by atoms with van der Waals surface area (Å²) in [6.45, 7) is 1.84. The number of amides is 1. The number of hydrogen-bond acceptors (Lipinski definition) is 6. The normalized spacial score (nSPS) is 18.0. The Bertz CT molecular complexity index is 658. The first kappa shape index (κ1) is 15.4. The average Bonchev–Trinajstić information content (AvgIpc) is 3.08. The summed E-state index contributed by atoms with van der Waals surface area (Å²) in [4.78, 5) is 28.9. The lowest BCUT2D eigenvalue weighted by Gasteiger charge is -2.33. The van der Waals surface area contributed by atoms with E-state index in [9.17, 15) is 4.79 Å². The smallest absolute Gasteiger partial charge is 0.242 e. The summed E-state index contributed by atoms with van der Waals surface area (Å²) in [6, 6.07) is 0. The first-order chi connectivity index (χ1) is 11.1. The summed E-state index contributed by atoms with van der Waals surface area (Å²) >= 11 is 0. The third-order valence-corrected chi connectivity index (χ3v) is 3.73. The van der Waals surface area contributed by atoms with Gasteiger partial charge < -0.3 is 19.1 Å². The fourth-order valence-electron chi connectivity index (χ4n) is 2.59. The first-order valence-electron chi connectivity index (χ1n) is 7.48. The summed E-state index contributed by atoms with van der Waals surface area (Å²) in [5.74, 6) is 0.813. The van der Waals surface area contributed by atoms with Crippen LogP contribution in [0.3, 0.4) is 0 Å². The van der Waals surface area contributed by atoms with Crippen molar-refractivity contribution in [1.82, 2.24) is 24.4 Å². The molecule has 0 aromatic carbocycles. The molecule has 1 atom stereocenters. The van der Waals surface area contributed by atoms with Crippen molar-refractivity contribution in [3.05, 3.63) is 36.8 Å². The summed E-state index contributed by atoms with van der Waals surface area (Å²) in [5.41, 5.74) is 0.762. The Hall–Kier alpha value is -2.48. The van der Waals surface area contributed by atoms with Crippen LogP contribution in [0.4, 0.5) is 5.82 Å². The lowest BCUT2D eigenvalue weighted by molar-refractivity contribution is -0.139. The molecule has 2 aromatic heterocycles. The van der Waals surface area contributed by atoms with Gasteiger partial charge in [-0.3, -0.25) is 9.78 Å². The monoisotopic (exact) mass is 316 g/mol. The number of morpholine rings is 1. The molecule has 1 amide bonds. The Morgan fingerprint density at radius 1 is 1.35 bits per heavy atom. The molecular weight excluding hydrogens is 296 g/mol. The van der Waals surface area contributed by atoms with Gasteiger partial charge in [-0.1, -0.05) is 0 Å². The van der Waals surface area contributed by atoms with Crippen molar-refractivity contribution in [2.75, 3.05) is 38.7 Å². The van der Waals surface area contributed by atoms with Crippen LogP contribution in [-0.4, -0.2) is 64.1 Å². The number of carbonyl (C=O) groups is 1. The van der Waals surface area contributed by atoms with Crippen LogP contribution in [0.1, 0.15) is 11.8 Å². The average molecular weight is 316 g/mol. The Balaban J connectivity index is 1.72. The Kier molecular flexibility index (Phi) is 4.52. The van der Waals surface area contributed by atoms with E-state index >= 15 is 0 Å². The lowest BCUT2D eigenvalue weighted by atomic mass is 10.2. The van der Waals surface area contributed by atoms with E-state index < -0.39 is 0 Å². The molecule has 1 fully saturated rings. The Labute approximate surface area is 134 Å². The van der Waals surface area contributed by atoms with Crippen molar-refractivity contribution in [2.45, 2.75) is 12.6 Å². The summed E-state index contributed by atoms with van der Waals surface area (Å²) < 4.78 is 7.59. The molecule has 0 aliphatic carbocycles. The minimum absolute atomic E-state index is 0.0478. The van der Waals surface area contributed by atoms with E-state index in [1.807, 2.05) is 23.9 Å². The molecule has 0 N–H and O–H groups in total. The fourth-order valence-corrected chi connectivity index (χ4v) is 2.59. The number of anilines is 1. The standard InChI is InChI=1S/C15H20N6O2/c1-19(2)15-14(17-3-4-18-15)12-9-21(7-8-23-12)13(22)10-20-6-5-16-11-20/h3-6,11-12H,7-10H2,1-2H3/t12-/m0/s1. The second-order valence-electron chi connectivity index (χ2n) is 5.59. The van der Waals surface area contributed by atoms with E-state index in [0.29, 0.717) is 19.7 Å². The van der Waals surface area contributed by atoms with Crippen molar-refractivity contribution < 1.29 is 9.53 Å². The molecule has 23 heavy (non-hydrogen) atoms. The van der Waals surface area contributed by atoms with Crippen LogP contribution in [0.25, 0.3) is 0 Å². The number of nitrogens with zero attached hydrogens (tertiary/aromatic N) is 6. The van der Waals surface area contributed by atoms with Gasteiger partial charge in [-0.15, -0.1) is 0 Å². The van der Waals surface area contributed by atoms with Gasteiger partial charge in [-0.25, -0.2) is 9.97 Å². The number of hydrogen-bond donors (Lipinski definition) is 0. The van der Waals surface area contributed by atoms with Gasteiger partial charge in [-0.05, 0) is 0 Å². The van der Waals surface area contributed by atoms with E-state index in [4.69, 9.17) is 4.74 Å². The summed E-state index contributed by atoms with van der Waals surface area (Å²) in [7, 11) is 3.83. The van der Waals surface area contributed by atoms with Crippen LogP contribution in [0.2, 0.25) is 0 Å². The largest absolute Gasteiger partial charge is 0.368 e. The fraction of sp³-hybridized carbons (Fsp3) is 0.467. The predicted molar refractivity (Wildman–Crippen MR) is 83.9 cm³/mol. The minimum Gasteiger partial charge on any atom is -0.368 e. The van der Waals surface area contributed by atoms with E-state index in [-0.39, 0.29) is 18.6 Å². The molecule has 8 nitrogen and oxygen atoms in total. The highest BCUT2D eigenvalue weighted by Gasteiger charge is 2.28. The molecule has 0 bridgehead atoms. The van der Waals surface area contributed by atoms with Crippen molar-refractivity contribution in [1.29, 1.82) is 0 Å². The van der Waals surface area contributed by atoms with E-state index in [2.05, 4.69) is 15.0 Å². The van der Waals surface area contributed by atoms with E-state index in [1.54, 1.807) is 35.7 Å². The van der Waals surface area contributed by atoms with E-state index in [1.165, 1.54) is 0 Å². The zero-order valence-corrected chi connectivity index (χ0v) is 13.3. The maximum absolute atomic E-state index is 12.4. The van der Waals surface area contributed by atoms with Crippen LogP contribution in [0.5, 0.6) is 0 Å². The third-order valence-electron chi connectivity index (χ3n) is 3.73. The van der Waals surface area contributed by atoms with Crippen molar-refractivity contribution in [3.63, 3.8) is 0 Å². The molecule has 1 aliphatic rings. The molecule has 3 rings (SSSR count). The molecule has 122 valence electrons. The Morgan fingerprint density at radius 2 is 2.17 bits per heavy atom. The first-order valence-corrected chi connectivity index (χ1v) is 7.48. The van der Waals surface area contributed by atoms with Crippen LogP contribution in [0.15, 0.2) is 31.1 Å². The number of carbonyl (C=O) groups excluding carboxylic acids is 1. The highest BCUT2D eigenvalue weighted by atomic mass is 16.5. The molecule has 0 unspecified atom stereocenters. The predicted octanol–water partition coefficient (Wildman–Crippen LogP) is 0.339. The van der Waals surface area contributed by atoms with Gasteiger partial charge in [0.2, 0.25) is 5.91 Å². The van der Waals surface area contributed by atoms with Gasteiger partial charge in [0.05, 0.1) is 19.5 Å². The van der Waals surface area contributed by atoms with Crippen molar-refractivity contribution in [3.8, 4) is 0 Å². The highest BCUT2D eigenvalue weighted by Crippen LogP contribution is 2.26. The van der Waals surface area contributed by atoms with Gasteiger partial charge in [0, 0.05) is 45.4 Å². The number of aromatic nitrogens is 4. The van der Waals surface area contributed by atoms with Gasteiger partial charge in [0.1, 0.15) is 18.3 Å². The summed E-state index contributed by atoms with van der Waals surface area (Å²) in [5, 5.41) is 0. The molecule has 3 heterocycles. The lowest BCUT2D eigenvalue weighted by Crippen LogP contribution is -2.44. The SMILES string of the molecule is CN(C)c1nccnc1[C@@H]1CN(C(=O)Cn2ccnc2)CCO1. The van der Waals surface area contributed by atoms with E-state index in [0.717, 1.165) is 11.5 Å². The zero-order chi connectivity index (χ0) is 16.2. The molecule has 8 heteroatoms. The van der Waals surface area contributed by atoms with Crippen LogP contribution < -0.4 is 4.90 Å². The molecule has 1 aliphatic heterocycles. The summed E-state index contributed by atoms with van der Waals surface area (Å²) in [6.07, 6.45) is 8.13. The van der Waals surface area contributed by atoms with Gasteiger partial charge in [-0.2, -0.15) is 0 Å². The van der Waals surface area contributed by atoms with Crippen molar-refractivity contribution in [2.24, 2.45) is 0 Å². The quantitative estimate of drug-likeness (QED) is 0.809. The highest BCUT2D eigenvalue weighted by molar-refractivity contribution is 5.76. The number of rotatable bonds is 4.